The summed E-state index contributed by atoms with van der Waals surface area (Å²) in [4.78, 5) is 0. The van der Waals surface area contributed by atoms with Gasteiger partial charge in [0.25, 0.3) is 0 Å². The fourth-order valence-corrected chi connectivity index (χ4v) is 3.25. The van der Waals surface area contributed by atoms with Crippen molar-refractivity contribution in [3.05, 3.63) is 53.6 Å². The second-order valence-electron chi connectivity index (χ2n) is 6.87. The second kappa shape index (κ2) is 5.78. The number of benzene rings is 2. The molecule has 1 N–H and O–H groups in total. The Morgan fingerprint density at radius 1 is 1.12 bits per heavy atom. The molecule has 0 spiro atoms. The number of rotatable bonds is 3. The Hall–Kier alpha value is -2.62. The number of hydrazone groups is 1. The van der Waals surface area contributed by atoms with E-state index in [2.05, 4.69) is 55.7 Å². The molecule has 0 atom stereocenters. The van der Waals surface area contributed by atoms with Gasteiger partial charge in [0.2, 0.25) is 11.4 Å². The molecule has 4 nitrogen and oxygen atoms in total. The minimum atomic E-state index is -0.0879. The van der Waals surface area contributed by atoms with Gasteiger partial charge in [-0.3, -0.25) is 5.01 Å². The van der Waals surface area contributed by atoms with Crippen molar-refractivity contribution in [1.29, 1.82) is 0 Å². The van der Waals surface area contributed by atoms with Crippen molar-refractivity contribution < 1.29 is 9.68 Å². The first-order valence-electron chi connectivity index (χ1n) is 8.10. The third-order valence-electron chi connectivity index (χ3n) is 4.77. The molecule has 4 heteroatoms. The first-order chi connectivity index (χ1) is 11.3. The molecule has 0 radical (unpaired) electrons. The molecule has 0 aliphatic carbocycles. The lowest BCUT2D eigenvalue weighted by molar-refractivity contribution is -0.400. The molecular formula is C20H24N3O+. The molecule has 2 aromatic rings. The van der Waals surface area contributed by atoms with Gasteiger partial charge in [0.1, 0.15) is 19.0 Å². The van der Waals surface area contributed by atoms with E-state index in [0.717, 1.165) is 11.4 Å². The molecule has 1 aliphatic rings. The van der Waals surface area contributed by atoms with E-state index in [1.54, 1.807) is 12.1 Å². The number of aromatic hydroxyl groups is 1. The third-order valence-corrected chi connectivity index (χ3v) is 4.77. The van der Waals surface area contributed by atoms with Gasteiger partial charge in [-0.05, 0) is 51.1 Å². The van der Waals surface area contributed by atoms with E-state index in [1.807, 2.05) is 30.4 Å². The van der Waals surface area contributed by atoms with Crippen LogP contribution in [0.2, 0.25) is 0 Å². The lowest BCUT2D eigenvalue weighted by Crippen LogP contribution is -2.30. The van der Waals surface area contributed by atoms with Crippen LogP contribution in [0, 0.1) is 6.92 Å². The van der Waals surface area contributed by atoms with Gasteiger partial charge < -0.3 is 5.11 Å². The van der Waals surface area contributed by atoms with Gasteiger partial charge in [0.15, 0.2) is 0 Å². The SMILES string of the molecule is Cc1ccc2c(c1)C(C)(C)C(C=NN(C)c1ccc(O)cc1)=[N+]2C. The topological polar surface area (TPSA) is 38.8 Å². The van der Waals surface area contributed by atoms with E-state index in [9.17, 15) is 5.11 Å². The van der Waals surface area contributed by atoms with Crippen molar-refractivity contribution in [1.82, 2.24) is 0 Å². The smallest absolute Gasteiger partial charge is 0.212 e. The number of aryl methyl sites for hydroxylation is 1. The molecule has 24 heavy (non-hydrogen) atoms. The standard InChI is InChI=1S/C20H23N3O/c1-14-6-11-18-17(12-14)20(2,3)19(22(18)4)13-21-23(5)15-7-9-16(24)10-8-15/h6-13H,1-5H3/p+1. The summed E-state index contributed by atoms with van der Waals surface area (Å²) in [5, 5.41) is 15.8. The maximum Gasteiger partial charge on any atom is 0.212 e. The number of hydrogen-bond acceptors (Lipinski definition) is 3. The van der Waals surface area contributed by atoms with Crippen LogP contribution >= 0.6 is 0 Å². The summed E-state index contributed by atoms with van der Waals surface area (Å²) in [5.74, 6) is 0.257. The fraction of sp³-hybridized carbons (Fsp3) is 0.300. The number of anilines is 1. The third kappa shape index (κ3) is 2.68. The van der Waals surface area contributed by atoms with Crippen LogP contribution in [-0.2, 0) is 5.41 Å². The van der Waals surface area contributed by atoms with Gasteiger partial charge in [-0.25, -0.2) is 0 Å². The van der Waals surface area contributed by atoms with Crippen LogP contribution in [0.5, 0.6) is 5.75 Å². The van der Waals surface area contributed by atoms with E-state index in [0.29, 0.717) is 0 Å². The monoisotopic (exact) mass is 322 g/mol. The molecular weight excluding hydrogens is 298 g/mol. The van der Waals surface area contributed by atoms with E-state index >= 15 is 0 Å². The lowest BCUT2D eigenvalue weighted by Gasteiger charge is -2.17. The van der Waals surface area contributed by atoms with Gasteiger partial charge in [0.05, 0.1) is 11.1 Å². The highest BCUT2D eigenvalue weighted by Crippen LogP contribution is 2.38. The average molecular weight is 322 g/mol. The fourth-order valence-electron chi connectivity index (χ4n) is 3.25. The van der Waals surface area contributed by atoms with Gasteiger partial charge in [0, 0.05) is 18.7 Å². The summed E-state index contributed by atoms with van der Waals surface area (Å²) in [7, 11) is 3.99. The number of fused-ring (bicyclic) bond motifs is 1. The Balaban J connectivity index is 1.92. The van der Waals surface area contributed by atoms with Crippen molar-refractivity contribution in [2.75, 3.05) is 19.1 Å². The number of nitrogens with zero attached hydrogens (tertiary/aromatic N) is 3. The first kappa shape index (κ1) is 16.2. The Bertz CT molecular complexity index is 832. The largest absolute Gasteiger partial charge is 0.508 e. The molecule has 0 saturated carbocycles. The number of phenols is 1. The van der Waals surface area contributed by atoms with Crippen molar-refractivity contribution >= 4 is 23.3 Å². The normalized spacial score (nSPS) is 15.9. The molecule has 2 aromatic carbocycles. The zero-order valence-corrected chi connectivity index (χ0v) is 14.9. The maximum atomic E-state index is 9.40. The summed E-state index contributed by atoms with van der Waals surface area (Å²) >= 11 is 0. The first-order valence-corrected chi connectivity index (χ1v) is 8.10. The van der Waals surface area contributed by atoms with Crippen LogP contribution in [0.1, 0.15) is 25.0 Å². The molecule has 0 unspecified atom stereocenters. The van der Waals surface area contributed by atoms with Crippen LogP contribution in [-0.4, -0.2) is 35.7 Å². The Morgan fingerprint density at radius 2 is 1.79 bits per heavy atom. The van der Waals surface area contributed by atoms with E-state index < -0.39 is 0 Å². The van der Waals surface area contributed by atoms with Crippen molar-refractivity contribution in [3.8, 4) is 5.75 Å². The number of phenolic OH excluding ortho intramolecular Hbond substituents is 1. The predicted octanol–water partition coefficient (Wildman–Crippen LogP) is 3.83. The highest BCUT2D eigenvalue weighted by atomic mass is 16.3. The quantitative estimate of drug-likeness (QED) is 0.530. The molecule has 0 amide bonds. The van der Waals surface area contributed by atoms with Crippen LogP contribution in [0.25, 0.3) is 0 Å². The highest BCUT2D eigenvalue weighted by molar-refractivity contribution is 6.33. The van der Waals surface area contributed by atoms with Crippen LogP contribution in [0.4, 0.5) is 11.4 Å². The Labute approximate surface area is 143 Å². The highest BCUT2D eigenvalue weighted by Gasteiger charge is 2.43. The van der Waals surface area contributed by atoms with Crippen molar-refractivity contribution in [3.63, 3.8) is 0 Å². The molecule has 0 aromatic heterocycles. The summed E-state index contributed by atoms with van der Waals surface area (Å²) < 4.78 is 2.21. The molecule has 124 valence electrons. The van der Waals surface area contributed by atoms with Gasteiger partial charge in [-0.2, -0.15) is 9.68 Å². The Kier molecular flexibility index (Phi) is 3.91. The van der Waals surface area contributed by atoms with E-state index in [-0.39, 0.29) is 11.2 Å². The van der Waals surface area contributed by atoms with Crippen LogP contribution < -0.4 is 5.01 Å². The van der Waals surface area contributed by atoms with Gasteiger partial charge >= 0.3 is 0 Å². The zero-order chi connectivity index (χ0) is 17.5. The van der Waals surface area contributed by atoms with E-state index in [4.69, 9.17) is 0 Å². The summed E-state index contributed by atoms with van der Waals surface area (Å²) in [5.41, 5.74) is 5.84. The summed E-state index contributed by atoms with van der Waals surface area (Å²) in [6.07, 6.45) is 1.93. The summed E-state index contributed by atoms with van der Waals surface area (Å²) in [6.45, 7) is 6.59. The molecule has 3 rings (SSSR count). The summed E-state index contributed by atoms with van der Waals surface area (Å²) in [6, 6.07) is 13.6. The lowest BCUT2D eigenvalue weighted by atomic mass is 9.81. The Morgan fingerprint density at radius 3 is 2.46 bits per heavy atom. The van der Waals surface area contributed by atoms with Crippen molar-refractivity contribution in [2.24, 2.45) is 5.10 Å². The number of hydrogen-bond donors (Lipinski definition) is 1. The maximum absolute atomic E-state index is 9.40. The molecule has 0 fully saturated rings. The molecule has 1 heterocycles. The van der Waals surface area contributed by atoms with Gasteiger partial charge in [-0.1, -0.05) is 11.6 Å². The molecule has 0 bridgehead atoms. The molecule has 1 aliphatic heterocycles. The average Bonchev–Trinajstić information content (AvgIpc) is 2.72. The minimum Gasteiger partial charge on any atom is -0.508 e. The predicted molar refractivity (Wildman–Crippen MR) is 100 cm³/mol. The minimum absolute atomic E-state index is 0.0879. The van der Waals surface area contributed by atoms with Crippen molar-refractivity contribution in [2.45, 2.75) is 26.2 Å². The van der Waals surface area contributed by atoms with E-state index in [1.165, 1.54) is 16.8 Å². The van der Waals surface area contributed by atoms with Crippen LogP contribution in [0.3, 0.4) is 0 Å². The zero-order valence-electron chi connectivity index (χ0n) is 14.9. The van der Waals surface area contributed by atoms with Crippen LogP contribution in [0.15, 0.2) is 47.6 Å². The molecule has 0 saturated heterocycles. The second-order valence-corrected chi connectivity index (χ2v) is 6.87. The van der Waals surface area contributed by atoms with Gasteiger partial charge in [-0.15, -0.1) is 0 Å².